The van der Waals surface area contributed by atoms with E-state index in [0.29, 0.717) is 0 Å². The molecule has 10 heteroatoms. The summed E-state index contributed by atoms with van der Waals surface area (Å²) >= 11 is 0. The third-order valence-corrected chi connectivity index (χ3v) is 21.4. The smallest absolute Gasteiger partial charge is 0.399 e. The fourth-order valence-corrected chi connectivity index (χ4v) is 13.2. The summed E-state index contributed by atoms with van der Waals surface area (Å²) in [5, 5.41) is 19.2. The second-order valence-corrected chi connectivity index (χ2v) is 30.8. The molecule has 3 heterocycles. The predicted octanol–water partition coefficient (Wildman–Crippen LogP) is 22.9. The first-order chi connectivity index (χ1) is 46.0. The first-order valence-electron chi connectivity index (χ1n) is 35.8. The Morgan fingerprint density at radius 2 is 0.818 bits per heavy atom. The van der Waals surface area contributed by atoms with Crippen LogP contribution in [0.2, 0.25) is 0 Å². The number of benzene rings is 8. The van der Waals surface area contributed by atoms with Crippen LogP contribution in [0.25, 0.3) is 56.4 Å². The molecule has 1 saturated heterocycles. The van der Waals surface area contributed by atoms with Gasteiger partial charge in [0.05, 0.1) is 22.7 Å². The van der Waals surface area contributed by atoms with Gasteiger partial charge in [0.2, 0.25) is 0 Å². The Hall–Kier alpha value is -7.33. The molecule has 0 atom stereocenters. The zero-order valence-corrected chi connectivity index (χ0v) is 67.7. The molecule has 0 N–H and O–H groups in total. The standard InChI is InChI=1S/C33H41N3.C32H38N3.C15H23BO2.C9H12.Ir/c1-10-11-16-33(8,9)32-35-34-31(36(32)30-15-12-21(2)17-25(30)6)27-14-13-22(3)29(20-27)28-18-23(4)26(7)24(5)19-28;1-9-10-16-32(7,8)31-34-33-30(35(31)29-15-14-21(2)17-24(29)5)27-13-11-12-26(20-27)28-18-22(3)25(6)23(4)19-28;1-10-8-13(9-11(2)12(10)3)16-17-14(4,5)15(6,7)18-16;1-7-5-4-6-8(2)9(7)3;/h12-15,17-20H,10-11,16H2,1-9H3;11-12,14-15,17-20H,9-10,16H2,1-8H3;8-9H,1-7H3;4-6H,1-3H3;/q;-1;;;. The summed E-state index contributed by atoms with van der Waals surface area (Å²) in [6.45, 7) is 58.9. The van der Waals surface area contributed by atoms with E-state index in [-0.39, 0.29) is 49.3 Å². The largest absolute Gasteiger partial charge is 0.494 e. The van der Waals surface area contributed by atoms with Crippen molar-refractivity contribution >= 4 is 12.6 Å². The Kier molecular flexibility index (Phi) is 26.0. The number of hydrogen-bond acceptors (Lipinski definition) is 6. The van der Waals surface area contributed by atoms with E-state index < -0.39 is 0 Å². The van der Waals surface area contributed by atoms with Crippen LogP contribution in [0.3, 0.4) is 0 Å². The maximum Gasteiger partial charge on any atom is 0.494 e. The van der Waals surface area contributed by atoms with Gasteiger partial charge in [-0.15, -0.1) is 50.7 Å². The van der Waals surface area contributed by atoms with Crippen LogP contribution in [0.4, 0.5) is 0 Å². The van der Waals surface area contributed by atoms with E-state index in [1.807, 2.05) is 6.07 Å². The molecule has 0 spiro atoms. The van der Waals surface area contributed by atoms with Gasteiger partial charge in [0.25, 0.3) is 0 Å². The van der Waals surface area contributed by atoms with E-state index in [0.717, 1.165) is 70.5 Å². The van der Waals surface area contributed by atoms with Crippen LogP contribution in [0.5, 0.6) is 0 Å². The van der Waals surface area contributed by atoms with Crippen LogP contribution in [-0.4, -0.2) is 47.8 Å². The summed E-state index contributed by atoms with van der Waals surface area (Å²) in [5.41, 5.74) is 32.0. The summed E-state index contributed by atoms with van der Waals surface area (Å²) in [5.74, 6) is 3.79. The molecule has 8 nitrogen and oxygen atoms in total. The van der Waals surface area contributed by atoms with Crippen molar-refractivity contribution in [2.45, 2.75) is 247 Å². The Labute approximate surface area is 611 Å². The van der Waals surface area contributed by atoms with E-state index in [2.05, 4.69) is 323 Å². The summed E-state index contributed by atoms with van der Waals surface area (Å²) in [4.78, 5) is 0. The van der Waals surface area contributed by atoms with Gasteiger partial charge in [-0.1, -0.05) is 169 Å². The molecule has 1 fully saturated rings. The molecule has 0 unspecified atom stereocenters. The van der Waals surface area contributed by atoms with E-state index in [9.17, 15) is 0 Å². The molecule has 0 saturated carbocycles. The van der Waals surface area contributed by atoms with Crippen molar-refractivity contribution in [2.75, 3.05) is 0 Å². The molecule has 8 aromatic carbocycles. The van der Waals surface area contributed by atoms with Crippen molar-refractivity contribution < 1.29 is 29.4 Å². The van der Waals surface area contributed by atoms with Gasteiger partial charge in [-0.2, -0.15) is 5.10 Å². The molecular weight excluding hydrogens is 1390 g/mol. The van der Waals surface area contributed by atoms with Crippen LogP contribution < -0.4 is 5.46 Å². The quantitative estimate of drug-likeness (QED) is 0.0752. The summed E-state index contributed by atoms with van der Waals surface area (Å²) in [7, 11) is -0.256. The van der Waals surface area contributed by atoms with Crippen molar-refractivity contribution in [2.24, 2.45) is 0 Å². The Morgan fingerprint density at radius 1 is 0.404 bits per heavy atom. The van der Waals surface area contributed by atoms with E-state index >= 15 is 0 Å². The predicted molar refractivity (Wildman–Crippen MR) is 418 cm³/mol. The number of hydrogen-bond donors (Lipinski definition) is 0. The summed E-state index contributed by atoms with van der Waals surface area (Å²) < 4.78 is 16.7. The molecule has 525 valence electrons. The summed E-state index contributed by atoms with van der Waals surface area (Å²) in [6, 6.07) is 49.7. The number of unbranched alkanes of at least 4 members (excludes halogenated alkanes) is 2. The zero-order valence-electron chi connectivity index (χ0n) is 65.3. The van der Waals surface area contributed by atoms with Gasteiger partial charge in [0.1, 0.15) is 11.6 Å². The van der Waals surface area contributed by atoms with Crippen LogP contribution in [0.15, 0.2) is 127 Å². The molecule has 2 aromatic heterocycles. The molecule has 1 aliphatic rings. The molecular formula is C89H114BIrN6O2-. The van der Waals surface area contributed by atoms with Gasteiger partial charge < -0.3 is 13.9 Å². The van der Waals surface area contributed by atoms with Gasteiger partial charge >= 0.3 is 7.12 Å². The van der Waals surface area contributed by atoms with Gasteiger partial charge in [0.15, 0.2) is 5.82 Å². The maximum absolute atomic E-state index is 6.08. The average molecular weight is 1500 g/mol. The van der Waals surface area contributed by atoms with Crippen molar-refractivity contribution in [1.29, 1.82) is 0 Å². The molecule has 1 aliphatic heterocycles. The minimum Gasteiger partial charge on any atom is -0.399 e. The number of aromatic nitrogens is 6. The molecule has 10 aromatic rings. The molecule has 0 aliphatic carbocycles. The minimum atomic E-state index is -0.273. The summed E-state index contributed by atoms with van der Waals surface area (Å²) in [6.07, 6.45) is 6.81. The fourth-order valence-electron chi connectivity index (χ4n) is 13.2. The number of nitrogens with zero attached hydrogens (tertiary/aromatic N) is 6. The van der Waals surface area contributed by atoms with Crippen LogP contribution in [-0.2, 0) is 40.2 Å². The monoisotopic (exact) mass is 1500 g/mol. The third-order valence-electron chi connectivity index (χ3n) is 21.4. The second-order valence-electron chi connectivity index (χ2n) is 30.8. The molecule has 0 bridgehead atoms. The molecule has 0 amide bonds. The van der Waals surface area contributed by atoms with E-state index in [4.69, 9.17) is 29.7 Å². The minimum absolute atomic E-state index is 0. The van der Waals surface area contributed by atoms with Crippen LogP contribution >= 0.6 is 0 Å². The maximum atomic E-state index is 6.08. The first-order valence-corrected chi connectivity index (χ1v) is 35.8. The van der Waals surface area contributed by atoms with Crippen molar-refractivity contribution in [3.05, 3.63) is 240 Å². The Bertz CT molecular complexity index is 4380. The topological polar surface area (TPSA) is 79.9 Å². The first kappa shape index (κ1) is 79.0. The average Bonchev–Trinajstić information content (AvgIpc) is 1.67. The normalized spacial score (nSPS) is 13.2. The Morgan fingerprint density at radius 3 is 1.25 bits per heavy atom. The van der Waals surface area contributed by atoms with Crippen molar-refractivity contribution in [3.8, 4) is 56.4 Å². The van der Waals surface area contributed by atoms with Crippen molar-refractivity contribution in [3.63, 3.8) is 0 Å². The van der Waals surface area contributed by atoms with Gasteiger partial charge in [0, 0.05) is 42.2 Å². The number of aryl methyl sites for hydroxylation is 13. The third kappa shape index (κ3) is 18.1. The van der Waals surface area contributed by atoms with Gasteiger partial charge in [-0.05, 0) is 282 Å². The molecule has 11 rings (SSSR count). The fraction of sp³-hybridized carbons (Fsp3) is 0.416. The zero-order chi connectivity index (χ0) is 72.1. The second kappa shape index (κ2) is 32.5. The van der Waals surface area contributed by atoms with Crippen LogP contribution in [0, 0.1) is 124 Å². The van der Waals surface area contributed by atoms with Gasteiger partial charge in [-0.25, -0.2) is 0 Å². The Balaban J connectivity index is 0.000000203. The van der Waals surface area contributed by atoms with Gasteiger partial charge in [-0.3, -0.25) is 4.57 Å². The molecule has 99 heavy (non-hydrogen) atoms. The van der Waals surface area contributed by atoms with E-state index in [1.165, 1.54) is 136 Å². The van der Waals surface area contributed by atoms with Crippen molar-refractivity contribution in [1.82, 2.24) is 29.5 Å². The van der Waals surface area contributed by atoms with Crippen LogP contribution in [0.1, 0.15) is 214 Å². The SMILES string of the molecule is CCCCC(C)(C)c1nnc(-c2[c-]ccc(-c3cc(C)c(C)c(C)c3)c2)n1-c1ccc(C)cc1C.CCCCC(C)(C)c1nnc(-c2ccc(C)c(-c3cc(C)c(C)c(C)c3)c2)n1-c1ccc(C)cc1C.Cc1cc(B2OC(C)(C)C(C)(C)O2)cc(C)c1C.Cc1cccc(C)c1C.[Ir]. The van der Waals surface area contributed by atoms with E-state index in [1.54, 1.807) is 0 Å². The molecule has 1 radical (unpaired) electrons. The number of rotatable bonds is 15.